The van der Waals surface area contributed by atoms with Gasteiger partial charge in [-0.1, -0.05) is 37.3 Å². The van der Waals surface area contributed by atoms with E-state index in [1.165, 1.54) is 49.9 Å². The van der Waals surface area contributed by atoms with Crippen molar-refractivity contribution in [1.82, 2.24) is 14.9 Å². The van der Waals surface area contributed by atoms with Crippen LogP contribution in [0.15, 0.2) is 42.5 Å². The van der Waals surface area contributed by atoms with Crippen molar-refractivity contribution in [1.29, 1.82) is 0 Å². The Morgan fingerprint density at radius 1 is 1.14 bits per heavy atom. The minimum atomic E-state index is -0.874. The molecule has 1 aromatic heterocycles. The van der Waals surface area contributed by atoms with Crippen LogP contribution in [0, 0.1) is 5.41 Å². The van der Waals surface area contributed by atoms with Crippen LogP contribution in [-0.2, 0) is 12.8 Å². The highest BCUT2D eigenvalue weighted by molar-refractivity contribution is 5.94. The number of rotatable bonds is 4. The number of carbonyl (C=O) groups is 1. The van der Waals surface area contributed by atoms with E-state index >= 15 is 0 Å². The van der Waals surface area contributed by atoms with E-state index < -0.39 is 6.09 Å². The third-order valence-corrected chi connectivity index (χ3v) is 8.89. The lowest BCUT2D eigenvalue weighted by Crippen LogP contribution is -2.54. The molecule has 0 radical (unpaired) electrons. The molecule has 1 saturated heterocycles. The Hall–Kier alpha value is -2.86. The Morgan fingerprint density at radius 2 is 1.89 bits per heavy atom. The van der Waals surface area contributed by atoms with E-state index in [4.69, 9.17) is 4.98 Å². The predicted octanol–water partition coefficient (Wildman–Crippen LogP) is 5.91. The molecule has 6 rings (SSSR count). The molecule has 0 unspecified atom stereocenters. The number of carboxylic acid groups (broad SMARTS) is 1. The van der Waals surface area contributed by atoms with Crippen molar-refractivity contribution in [2.75, 3.05) is 18.0 Å². The second-order valence-electron chi connectivity index (χ2n) is 11.2. The molecular formula is C29H36N4O2. The molecule has 1 amide bonds. The summed E-state index contributed by atoms with van der Waals surface area (Å²) in [7, 11) is 0. The van der Waals surface area contributed by atoms with E-state index in [1.807, 2.05) is 13.0 Å². The highest BCUT2D eigenvalue weighted by Crippen LogP contribution is 2.46. The highest BCUT2D eigenvalue weighted by atomic mass is 16.4. The van der Waals surface area contributed by atoms with E-state index in [2.05, 4.69) is 53.2 Å². The second kappa shape index (κ2) is 8.66. The van der Waals surface area contributed by atoms with E-state index in [1.54, 1.807) is 4.90 Å². The lowest BCUT2D eigenvalue weighted by Gasteiger charge is -2.48. The maximum atomic E-state index is 12.1. The fraction of sp³-hybridized carbons (Fsp3) is 0.517. The summed E-state index contributed by atoms with van der Waals surface area (Å²) >= 11 is 0. The molecule has 2 fully saturated rings. The standard InChI is InChI=1S/C29H36N4O2/c1-19(16-21-6-4-3-5-7-21)27-31-26-23-9-8-20(2)32(28(34)35)24(23)10-11-25(26)33(27)22-12-14-29(15-13-22)17-30-18-29/h3-7,10-11,19-20,22,30H,8-9,12-18H2,1-2H3,(H,34,35)/t19-,20-/m0/s1. The zero-order chi connectivity index (χ0) is 24.2. The fourth-order valence-electron chi connectivity index (χ4n) is 6.80. The van der Waals surface area contributed by atoms with Gasteiger partial charge >= 0.3 is 6.09 Å². The van der Waals surface area contributed by atoms with E-state index in [0.29, 0.717) is 11.5 Å². The normalized spacial score (nSPS) is 22.7. The van der Waals surface area contributed by atoms with Gasteiger partial charge in [0, 0.05) is 36.7 Å². The Morgan fingerprint density at radius 3 is 2.54 bits per heavy atom. The first-order chi connectivity index (χ1) is 17.0. The van der Waals surface area contributed by atoms with Gasteiger partial charge in [-0.05, 0) is 75.0 Å². The van der Waals surface area contributed by atoms with Crippen molar-refractivity contribution in [2.24, 2.45) is 5.41 Å². The molecule has 2 N–H and O–H groups in total. The molecule has 2 aliphatic heterocycles. The highest BCUT2D eigenvalue weighted by Gasteiger charge is 2.41. The molecule has 2 aromatic carbocycles. The maximum absolute atomic E-state index is 12.1. The predicted molar refractivity (Wildman–Crippen MR) is 139 cm³/mol. The largest absolute Gasteiger partial charge is 0.465 e. The average molecular weight is 473 g/mol. The van der Waals surface area contributed by atoms with Gasteiger partial charge in [-0.3, -0.25) is 4.90 Å². The van der Waals surface area contributed by atoms with Gasteiger partial charge in [-0.2, -0.15) is 0 Å². The van der Waals surface area contributed by atoms with Gasteiger partial charge < -0.3 is 15.0 Å². The Balaban J connectivity index is 1.44. The molecule has 35 heavy (non-hydrogen) atoms. The molecule has 0 bridgehead atoms. The summed E-state index contributed by atoms with van der Waals surface area (Å²) in [6.07, 6.45) is 6.70. The summed E-state index contributed by atoms with van der Waals surface area (Å²) < 4.78 is 2.55. The topological polar surface area (TPSA) is 70.4 Å². The number of fused-ring (bicyclic) bond motifs is 3. The monoisotopic (exact) mass is 472 g/mol. The number of anilines is 1. The van der Waals surface area contributed by atoms with E-state index in [0.717, 1.165) is 41.9 Å². The molecule has 6 nitrogen and oxygen atoms in total. The summed E-state index contributed by atoms with van der Waals surface area (Å²) in [6.45, 7) is 6.63. The lowest BCUT2D eigenvalue weighted by molar-refractivity contribution is 0.0842. The Bertz CT molecular complexity index is 1240. The molecular weight excluding hydrogens is 436 g/mol. The van der Waals surface area contributed by atoms with Gasteiger partial charge in [0.1, 0.15) is 5.82 Å². The first-order valence-electron chi connectivity index (χ1n) is 13.3. The summed E-state index contributed by atoms with van der Waals surface area (Å²) in [4.78, 5) is 18.9. The smallest absolute Gasteiger partial charge is 0.412 e. The molecule has 1 aliphatic carbocycles. The first-order valence-corrected chi connectivity index (χ1v) is 13.3. The SMILES string of the molecule is C[C@@H](Cc1ccccc1)c1nc2c3c(ccc2n1C1CCC2(CC1)CNC2)N(C(=O)O)[C@@H](C)CC3. The van der Waals surface area contributed by atoms with Crippen molar-refractivity contribution < 1.29 is 9.90 Å². The van der Waals surface area contributed by atoms with Crippen molar-refractivity contribution in [2.45, 2.75) is 76.8 Å². The number of imidazole rings is 1. The van der Waals surface area contributed by atoms with Crippen molar-refractivity contribution in [3.63, 3.8) is 0 Å². The summed E-state index contributed by atoms with van der Waals surface area (Å²) in [6, 6.07) is 15.3. The maximum Gasteiger partial charge on any atom is 0.412 e. The molecule has 184 valence electrons. The molecule has 6 heteroatoms. The number of aryl methyl sites for hydroxylation is 1. The van der Waals surface area contributed by atoms with Gasteiger partial charge in [0.15, 0.2) is 0 Å². The van der Waals surface area contributed by atoms with E-state index in [9.17, 15) is 9.90 Å². The zero-order valence-electron chi connectivity index (χ0n) is 20.8. The minimum absolute atomic E-state index is 0.0124. The number of amides is 1. The van der Waals surface area contributed by atoms with E-state index in [-0.39, 0.29) is 12.0 Å². The third-order valence-electron chi connectivity index (χ3n) is 8.89. The molecule has 2 atom stereocenters. The lowest BCUT2D eigenvalue weighted by atomic mass is 9.68. The molecule has 1 spiro atoms. The molecule has 3 aromatic rings. The number of hydrogen-bond donors (Lipinski definition) is 2. The minimum Gasteiger partial charge on any atom is -0.465 e. The van der Waals surface area contributed by atoms with Gasteiger partial charge in [-0.15, -0.1) is 0 Å². The van der Waals surface area contributed by atoms with Gasteiger partial charge in [0.2, 0.25) is 0 Å². The van der Waals surface area contributed by atoms with Crippen molar-refractivity contribution >= 4 is 22.8 Å². The zero-order valence-corrected chi connectivity index (χ0v) is 20.8. The van der Waals surface area contributed by atoms with Crippen LogP contribution in [0.1, 0.15) is 74.9 Å². The van der Waals surface area contributed by atoms with Crippen molar-refractivity contribution in [3.8, 4) is 0 Å². The Labute approximate surface area is 207 Å². The Kier molecular flexibility index (Phi) is 5.59. The summed E-state index contributed by atoms with van der Waals surface area (Å²) in [5.41, 5.74) is 5.96. The molecule has 3 heterocycles. The van der Waals surface area contributed by atoms with Crippen molar-refractivity contribution in [3.05, 3.63) is 59.4 Å². The van der Waals surface area contributed by atoms with Crippen LogP contribution in [0.2, 0.25) is 0 Å². The quantitative estimate of drug-likeness (QED) is 0.495. The van der Waals surface area contributed by atoms with Crippen LogP contribution in [-0.4, -0.2) is 39.9 Å². The number of nitrogens with zero attached hydrogens (tertiary/aromatic N) is 3. The number of hydrogen-bond acceptors (Lipinski definition) is 3. The van der Waals surface area contributed by atoms with Crippen LogP contribution >= 0.6 is 0 Å². The third kappa shape index (κ3) is 3.83. The van der Waals surface area contributed by atoms with Gasteiger partial charge in [0.05, 0.1) is 16.7 Å². The van der Waals surface area contributed by atoms with Gasteiger partial charge in [-0.25, -0.2) is 9.78 Å². The number of benzene rings is 2. The average Bonchev–Trinajstić information content (AvgIpc) is 3.23. The number of nitrogens with one attached hydrogen (secondary N) is 1. The van der Waals surface area contributed by atoms with Gasteiger partial charge in [0.25, 0.3) is 0 Å². The van der Waals surface area contributed by atoms with Crippen LogP contribution in [0.25, 0.3) is 11.0 Å². The van der Waals surface area contributed by atoms with Crippen LogP contribution in [0.4, 0.5) is 10.5 Å². The van der Waals surface area contributed by atoms with Crippen LogP contribution in [0.5, 0.6) is 0 Å². The molecule has 1 saturated carbocycles. The summed E-state index contributed by atoms with van der Waals surface area (Å²) in [5, 5.41) is 13.4. The molecule has 3 aliphatic rings. The fourth-order valence-corrected chi connectivity index (χ4v) is 6.80. The number of aromatic nitrogens is 2. The second-order valence-corrected chi connectivity index (χ2v) is 11.2. The van der Waals surface area contributed by atoms with Crippen LogP contribution in [0.3, 0.4) is 0 Å². The summed E-state index contributed by atoms with van der Waals surface area (Å²) in [5.74, 6) is 1.44. The van der Waals surface area contributed by atoms with Crippen LogP contribution < -0.4 is 10.2 Å². The first kappa shape index (κ1) is 22.6.